The fraction of sp³-hybridized carbons (Fsp3) is 0.609. The van der Waals surface area contributed by atoms with Crippen LogP contribution < -0.4 is 5.32 Å². The molecule has 1 saturated carbocycles. The normalized spacial score (nSPS) is 18.5. The zero-order valence-corrected chi connectivity index (χ0v) is 20.4. The largest absolute Gasteiger partial charge is 0.367 e. The number of imidazole rings is 1. The van der Waals surface area contributed by atoms with Crippen molar-refractivity contribution >= 4 is 27.7 Å². The molecule has 7 nitrogen and oxygen atoms in total. The van der Waals surface area contributed by atoms with E-state index in [-0.39, 0.29) is 18.0 Å². The molecule has 0 radical (unpaired) electrons. The maximum atomic E-state index is 13.0. The summed E-state index contributed by atoms with van der Waals surface area (Å²) in [5.74, 6) is 1.02. The van der Waals surface area contributed by atoms with Gasteiger partial charge in [-0.2, -0.15) is 0 Å². The number of carbonyl (C=O) groups is 1. The van der Waals surface area contributed by atoms with Gasteiger partial charge in [-0.05, 0) is 61.7 Å². The van der Waals surface area contributed by atoms with Crippen molar-refractivity contribution in [2.75, 3.05) is 31.5 Å². The van der Waals surface area contributed by atoms with Crippen LogP contribution >= 0.6 is 15.9 Å². The van der Waals surface area contributed by atoms with Crippen molar-refractivity contribution in [1.82, 2.24) is 24.3 Å². The van der Waals surface area contributed by atoms with Crippen LogP contribution in [0.3, 0.4) is 0 Å². The molecule has 1 N–H and O–H groups in total. The van der Waals surface area contributed by atoms with E-state index in [1.807, 2.05) is 21.7 Å². The Hall–Kier alpha value is -1.93. The topological polar surface area (TPSA) is 66.3 Å². The third-order valence-electron chi connectivity index (χ3n) is 6.42. The van der Waals surface area contributed by atoms with E-state index >= 15 is 0 Å². The summed E-state index contributed by atoms with van der Waals surface area (Å²) in [5, 5.41) is 3.55. The Labute approximate surface area is 193 Å². The van der Waals surface area contributed by atoms with Gasteiger partial charge < -0.3 is 14.8 Å². The lowest BCUT2D eigenvalue weighted by Crippen LogP contribution is -2.55. The van der Waals surface area contributed by atoms with Gasteiger partial charge in [0.2, 0.25) is 5.91 Å². The molecule has 2 aliphatic rings. The van der Waals surface area contributed by atoms with Gasteiger partial charge in [-0.3, -0.25) is 9.69 Å². The molecule has 2 aromatic rings. The smallest absolute Gasteiger partial charge is 0.242 e. The maximum Gasteiger partial charge on any atom is 0.242 e. The third kappa shape index (κ3) is 5.29. The summed E-state index contributed by atoms with van der Waals surface area (Å²) >= 11 is 3.58. The minimum Gasteiger partial charge on any atom is -0.367 e. The summed E-state index contributed by atoms with van der Waals surface area (Å²) < 4.78 is 2.69. The van der Waals surface area contributed by atoms with Gasteiger partial charge in [0, 0.05) is 49.5 Å². The van der Waals surface area contributed by atoms with Crippen LogP contribution in [0.25, 0.3) is 11.3 Å². The monoisotopic (exact) mass is 488 g/mol. The average molecular weight is 489 g/mol. The number of amides is 1. The average Bonchev–Trinajstić information content (AvgIpc) is 3.37. The summed E-state index contributed by atoms with van der Waals surface area (Å²) in [6.45, 7) is 10.3. The molecule has 0 aromatic carbocycles. The van der Waals surface area contributed by atoms with E-state index < -0.39 is 0 Å². The van der Waals surface area contributed by atoms with Crippen molar-refractivity contribution in [3.05, 3.63) is 29.3 Å². The van der Waals surface area contributed by atoms with Crippen LogP contribution in [0.2, 0.25) is 0 Å². The van der Waals surface area contributed by atoms with E-state index in [4.69, 9.17) is 0 Å². The number of nitrogens with one attached hydrogen (secondary N) is 1. The summed E-state index contributed by atoms with van der Waals surface area (Å²) in [7, 11) is 0. The maximum absolute atomic E-state index is 13.0. The van der Waals surface area contributed by atoms with Crippen LogP contribution in [0, 0.1) is 0 Å². The molecule has 2 fully saturated rings. The summed E-state index contributed by atoms with van der Waals surface area (Å²) in [6, 6.07) is 4.54. The SMILES string of the molecule is CC(C)(C)N1CCN(C(=O)Cn2cnc(Br)c2-c2ccnc(NC3CCCC3)c2)CC1. The Bertz CT molecular complexity index is 907. The number of piperazine rings is 1. The molecular formula is C23H33BrN6O. The van der Waals surface area contributed by atoms with Crippen LogP contribution in [0.5, 0.6) is 0 Å². The summed E-state index contributed by atoms with van der Waals surface area (Å²) in [5.41, 5.74) is 2.06. The van der Waals surface area contributed by atoms with Crippen molar-refractivity contribution in [3.8, 4) is 11.3 Å². The zero-order chi connectivity index (χ0) is 22.0. The molecule has 0 unspecified atom stereocenters. The van der Waals surface area contributed by atoms with Gasteiger partial charge in [-0.1, -0.05) is 12.8 Å². The molecule has 1 aliphatic heterocycles. The fourth-order valence-corrected chi connectivity index (χ4v) is 5.12. The first-order valence-electron chi connectivity index (χ1n) is 11.3. The van der Waals surface area contributed by atoms with E-state index in [1.165, 1.54) is 25.7 Å². The van der Waals surface area contributed by atoms with E-state index in [9.17, 15) is 4.79 Å². The van der Waals surface area contributed by atoms with E-state index in [1.54, 1.807) is 6.33 Å². The second-order valence-electron chi connectivity index (χ2n) is 9.61. The molecule has 4 rings (SSSR count). The van der Waals surface area contributed by atoms with Crippen molar-refractivity contribution in [3.63, 3.8) is 0 Å². The molecular weight excluding hydrogens is 456 g/mol. The predicted octanol–water partition coefficient (Wildman–Crippen LogP) is 4.00. The van der Waals surface area contributed by atoms with Crippen molar-refractivity contribution in [1.29, 1.82) is 0 Å². The molecule has 1 aliphatic carbocycles. The fourth-order valence-electron chi connectivity index (χ4n) is 4.57. The van der Waals surface area contributed by atoms with E-state index in [0.29, 0.717) is 6.04 Å². The highest BCUT2D eigenvalue weighted by atomic mass is 79.9. The third-order valence-corrected chi connectivity index (χ3v) is 7.00. The van der Waals surface area contributed by atoms with Crippen LogP contribution in [-0.4, -0.2) is 68.0 Å². The number of hydrogen-bond donors (Lipinski definition) is 1. The van der Waals surface area contributed by atoms with Crippen LogP contribution in [0.1, 0.15) is 46.5 Å². The van der Waals surface area contributed by atoms with Gasteiger partial charge in [-0.25, -0.2) is 9.97 Å². The van der Waals surface area contributed by atoms with Gasteiger partial charge >= 0.3 is 0 Å². The van der Waals surface area contributed by atoms with Gasteiger partial charge in [0.05, 0.1) is 12.0 Å². The first-order chi connectivity index (χ1) is 14.8. The van der Waals surface area contributed by atoms with Crippen molar-refractivity contribution in [2.45, 2.75) is 64.6 Å². The number of pyridine rings is 1. The van der Waals surface area contributed by atoms with Gasteiger partial charge in [0.15, 0.2) is 0 Å². The number of rotatable bonds is 5. The predicted molar refractivity (Wildman–Crippen MR) is 127 cm³/mol. The van der Waals surface area contributed by atoms with Gasteiger partial charge in [0.25, 0.3) is 0 Å². The van der Waals surface area contributed by atoms with Crippen molar-refractivity contribution in [2.24, 2.45) is 0 Å². The lowest BCUT2D eigenvalue weighted by molar-refractivity contribution is -0.134. The van der Waals surface area contributed by atoms with Gasteiger partial charge in [-0.15, -0.1) is 0 Å². The first-order valence-corrected chi connectivity index (χ1v) is 12.1. The Morgan fingerprint density at radius 1 is 1.16 bits per heavy atom. The molecule has 3 heterocycles. The standard InChI is InChI=1S/C23H33BrN6O/c1-23(2,3)30-12-10-28(11-13-30)20(31)15-29-16-26-22(24)21(29)17-8-9-25-19(14-17)27-18-6-4-5-7-18/h8-9,14,16,18H,4-7,10-13,15H2,1-3H3,(H,25,27). The second kappa shape index (κ2) is 9.28. The molecule has 0 bridgehead atoms. The molecule has 1 amide bonds. The molecule has 0 atom stereocenters. The molecule has 8 heteroatoms. The van der Waals surface area contributed by atoms with Crippen molar-refractivity contribution < 1.29 is 4.79 Å². The summed E-state index contributed by atoms with van der Waals surface area (Å²) in [6.07, 6.45) is 8.52. The molecule has 1 saturated heterocycles. The highest BCUT2D eigenvalue weighted by Crippen LogP contribution is 2.30. The zero-order valence-electron chi connectivity index (χ0n) is 18.8. The minimum absolute atomic E-state index is 0.137. The quantitative estimate of drug-likeness (QED) is 0.688. The Morgan fingerprint density at radius 3 is 2.55 bits per heavy atom. The van der Waals surface area contributed by atoms with Crippen LogP contribution in [0.15, 0.2) is 29.3 Å². The molecule has 0 spiro atoms. The number of halogens is 1. The highest BCUT2D eigenvalue weighted by molar-refractivity contribution is 9.10. The number of carbonyl (C=O) groups excluding carboxylic acids is 1. The van der Waals surface area contributed by atoms with Crippen LogP contribution in [0.4, 0.5) is 5.82 Å². The Kier molecular flexibility index (Phi) is 6.67. The lowest BCUT2D eigenvalue weighted by atomic mass is 10.0. The molecule has 168 valence electrons. The number of nitrogens with zero attached hydrogens (tertiary/aromatic N) is 5. The first kappa shape index (κ1) is 22.3. The number of anilines is 1. The van der Waals surface area contributed by atoms with E-state index in [0.717, 1.165) is 47.9 Å². The lowest BCUT2D eigenvalue weighted by Gasteiger charge is -2.42. The molecule has 2 aromatic heterocycles. The molecule has 31 heavy (non-hydrogen) atoms. The van der Waals surface area contributed by atoms with Gasteiger partial charge in [0.1, 0.15) is 17.0 Å². The minimum atomic E-state index is 0.137. The highest BCUT2D eigenvalue weighted by Gasteiger charge is 2.28. The Morgan fingerprint density at radius 2 is 1.87 bits per heavy atom. The van der Waals surface area contributed by atoms with E-state index in [2.05, 4.69) is 63.0 Å². The number of hydrogen-bond acceptors (Lipinski definition) is 5. The van der Waals surface area contributed by atoms with Crippen LogP contribution in [-0.2, 0) is 11.3 Å². The Balaban J connectivity index is 1.45. The second-order valence-corrected chi connectivity index (χ2v) is 10.4. The number of aromatic nitrogens is 3. The summed E-state index contributed by atoms with van der Waals surface area (Å²) in [4.78, 5) is 26.4.